The van der Waals surface area contributed by atoms with Gasteiger partial charge in [-0.2, -0.15) is 8.42 Å². The molecule has 0 aliphatic carbocycles. The highest BCUT2D eigenvalue weighted by Gasteiger charge is 2.35. The minimum atomic E-state index is -3.77. The third kappa shape index (κ3) is 7.16. The second kappa shape index (κ2) is 10.2. The lowest BCUT2D eigenvalue weighted by Crippen LogP contribution is -2.42. The number of benzene rings is 2. The molecule has 9 heteroatoms. The van der Waals surface area contributed by atoms with E-state index < -0.39 is 40.1 Å². The third-order valence-corrected chi connectivity index (χ3v) is 4.42. The van der Waals surface area contributed by atoms with Gasteiger partial charge in [-0.3, -0.25) is 9.59 Å². The van der Waals surface area contributed by atoms with Crippen LogP contribution in [0.3, 0.4) is 0 Å². The topological polar surface area (TPSA) is 122 Å². The lowest BCUT2D eigenvalue weighted by Gasteiger charge is -2.23. The number of hydrogen-bond acceptors (Lipinski definition) is 8. The van der Waals surface area contributed by atoms with Gasteiger partial charge in [-0.05, 0) is 37.1 Å². The van der Waals surface area contributed by atoms with Crippen molar-refractivity contribution in [2.24, 2.45) is 5.73 Å². The van der Waals surface area contributed by atoms with Crippen molar-refractivity contribution in [2.75, 3.05) is 6.26 Å². The smallest absolute Gasteiger partial charge is 0.324 e. The highest BCUT2D eigenvalue weighted by molar-refractivity contribution is 7.86. The van der Waals surface area contributed by atoms with E-state index in [-0.39, 0.29) is 17.9 Å². The zero-order valence-electron chi connectivity index (χ0n) is 17.0. The highest BCUT2D eigenvalue weighted by Crippen LogP contribution is 2.26. The molecule has 0 aromatic heterocycles. The Bertz CT molecular complexity index is 974. The fraction of sp³-hybridized carbons (Fsp3) is 0.333. The van der Waals surface area contributed by atoms with E-state index in [0.29, 0.717) is 0 Å². The van der Waals surface area contributed by atoms with Crippen LogP contribution in [0.1, 0.15) is 30.9 Å². The number of rotatable bonds is 9. The SMILES string of the molecule is CC(C)OC(=O)C(c1cccc(OS(C)(=O)=O)c1)C(N)C(=O)OCc1ccccc1. The first-order chi connectivity index (χ1) is 14.1. The molecular weight excluding hydrogens is 410 g/mol. The summed E-state index contributed by atoms with van der Waals surface area (Å²) in [4.78, 5) is 25.3. The van der Waals surface area contributed by atoms with Crippen molar-refractivity contribution >= 4 is 22.1 Å². The van der Waals surface area contributed by atoms with Gasteiger partial charge in [0.1, 0.15) is 24.3 Å². The number of ether oxygens (including phenoxy) is 2. The van der Waals surface area contributed by atoms with Crippen molar-refractivity contribution in [3.8, 4) is 5.75 Å². The zero-order chi connectivity index (χ0) is 22.3. The predicted molar refractivity (Wildman–Crippen MR) is 110 cm³/mol. The zero-order valence-corrected chi connectivity index (χ0v) is 17.8. The number of carbonyl (C=O) groups is 2. The molecule has 0 aliphatic heterocycles. The number of nitrogens with two attached hydrogens (primary N) is 1. The van der Waals surface area contributed by atoms with Gasteiger partial charge in [-0.1, -0.05) is 42.5 Å². The van der Waals surface area contributed by atoms with Gasteiger partial charge < -0.3 is 19.4 Å². The normalized spacial score (nSPS) is 13.4. The molecule has 2 aromatic carbocycles. The van der Waals surface area contributed by atoms with Gasteiger partial charge in [-0.15, -0.1) is 0 Å². The van der Waals surface area contributed by atoms with E-state index in [1.807, 2.05) is 6.07 Å². The molecule has 0 heterocycles. The Morgan fingerprint density at radius 1 is 1.00 bits per heavy atom. The minimum Gasteiger partial charge on any atom is -0.462 e. The van der Waals surface area contributed by atoms with Crippen molar-refractivity contribution in [1.82, 2.24) is 0 Å². The Balaban J connectivity index is 2.27. The maximum atomic E-state index is 12.7. The van der Waals surface area contributed by atoms with Crippen molar-refractivity contribution in [1.29, 1.82) is 0 Å². The molecule has 0 spiro atoms. The summed E-state index contributed by atoms with van der Waals surface area (Å²) in [5, 5.41) is 0. The molecule has 8 nitrogen and oxygen atoms in total. The van der Waals surface area contributed by atoms with Crippen LogP contribution >= 0.6 is 0 Å². The summed E-state index contributed by atoms with van der Waals surface area (Å²) in [7, 11) is -3.77. The van der Waals surface area contributed by atoms with Crippen LogP contribution in [-0.4, -0.2) is 38.8 Å². The number of hydrogen-bond donors (Lipinski definition) is 1. The molecule has 2 unspecified atom stereocenters. The molecule has 0 saturated carbocycles. The Kier molecular flexibility index (Phi) is 7.96. The monoisotopic (exact) mass is 435 g/mol. The molecule has 0 saturated heterocycles. The van der Waals surface area contributed by atoms with Gasteiger partial charge >= 0.3 is 22.1 Å². The van der Waals surface area contributed by atoms with E-state index in [0.717, 1.165) is 11.8 Å². The first-order valence-electron chi connectivity index (χ1n) is 9.23. The van der Waals surface area contributed by atoms with Crippen molar-refractivity contribution in [3.63, 3.8) is 0 Å². The fourth-order valence-corrected chi connectivity index (χ4v) is 3.14. The Hall–Kier alpha value is -2.91. The van der Waals surface area contributed by atoms with Gasteiger partial charge in [0.15, 0.2) is 0 Å². The van der Waals surface area contributed by atoms with Gasteiger partial charge in [0, 0.05) is 0 Å². The molecule has 2 atom stereocenters. The molecule has 162 valence electrons. The lowest BCUT2D eigenvalue weighted by atomic mass is 9.91. The lowest BCUT2D eigenvalue weighted by molar-refractivity contribution is -0.156. The van der Waals surface area contributed by atoms with Crippen LogP contribution in [0.2, 0.25) is 0 Å². The summed E-state index contributed by atoms with van der Waals surface area (Å²) in [6.07, 6.45) is 0.458. The molecular formula is C21H25NO7S. The fourth-order valence-electron chi connectivity index (χ4n) is 2.69. The maximum Gasteiger partial charge on any atom is 0.324 e. The molecule has 2 N–H and O–H groups in total. The number of esters is 2. The van der Waals surface area contributed by atoms with Gasteiger partial charge in [0.2, 0.25) is 0 Å². The Labute approximate surface area is 176 Å². The maximum absolute atomic E-state index is 12.7. The summed E-state index contributed by atoms with van der Waals surface area (Å²) in [6, 6.07) is 13.4. The van der Waals surface area contributed by atoms with Gasteiger partial charge in [-0.25, -0.2) is 0 Å². The molecule has 0 amide bonds. The van der Waals surface area contributed by atoms with Crippen molar-refractivity contribution in [2.45, 2.75) is 38.5 Å². The molecule has 2 aromatic rings. The Morgan fingerprint density at radius 2 is 1.67 bits per heavy atom. The van der Waals surface area contributed by atoms with E-state index in [9.17, 15) is 18.0 Å². The van der Waals surface area contributed by atoms with Crippen molar-refractivity contribution in [3.05, 3.63) is 65.7 Å². The highest BCUT2D eigenvalue weighted by atomic mass is 32.2. The molecule has 0 aliphatic rings. The largest absolute Gasteiger partial charge is 0.462 e. The summed E-state index contributed by atoms with van der Waals surface area (Å²) >= 11 is 0. The second-order valence-electron chi connectivity index (χ2n) is 6.94. The van der Waals surface area contributed by atoms with Crippen LogP contribution in [0.25, 0.3) is 0 Å². The first-order valence-corrected chi connectivity index (χ1v) is 11.0. The van der Waals surface area contributed by atoms with E-state index in [4.69, 9.17) is 19.4 Å². The quantitative estimate of drug-likeness (QED) is 0.470. The molecule has 30 heavy (non-hydrogen) atoms. The molecule has 0 radical (unpaired) electrons. The molecule has 2 rings (SSSR count). The van der Waals surface area contributed by atoms with E-state index in [2.05, 4.69) is 0 Å². The van der Waals surface area contributed by atoms with Crippen LogP contribution in [0.4, 0.5) is 0 Å². The second-order valence-corrected chi connectivity index (χ2v) is 8.52. The van der Waals surface area contributed by atoms with Crippen LogP contribution in [0.15, 0.2) is 54.6 Å². The van der Waals surface area contributed by atoms with E-state index >= 15 is 0 Å². The van der Waals surface area contributed by atoms with Crippen molar-refractivity contribution < 1.29 is 31.7 Å². The minimum absolute atomic E-state index is 0.00342. The molecule has 0 bridgehead atoms. The summed E-state index contributed by atoms with van der Waals surface area (Å²) in [5.74, 6) is -2.74. The van der Waals surface area contributed by atoms with Crippen LogP contribution < -0.4 is 9.92 Å². The van der Waals surface area contributed by atoms with Crippen LogP contribution in [0, 0.1) is 0 Å². The predicted octanol–water partition coefficient (Wildman–Crippen LogP) is 2.13. The summed E-state index contributed by atoms with van der Waals surface area (Å²) in [6.45, 7) is 3.32. The Morgan fingerprint density at radius 3 is 2.27 bits per heavy atom. The van der Waals surface area contributed by atoms with Crippen LogP contribution in [0.5, 0.6) is 5.75 Å². The van der Waals surface area contributed by atoms with E-state index in [1.165, 1.54) is 24.3 Å². The molecule has 0 fully saturated rings. The average Bonchev–Trinajstić information content (AvgIpc) is 2.65. The first kappa shape index (κ1) is 23.4. The third-order valence-electron chi connectivity index (χ3n) is 3.93. The standard InChI is InChI=1S/C21H25NO7S/c1-14(2)28-20(23)18(16-10-7-11-17(12-16)29-30(3,25)26)19(22)21(24)27-13-15-8-5-4-6-9-15/h4-12,14,18-19H,13,22H2,1-3H3. The van der Waals surface area contributed by atoms with Crippen LogP contribution in [-0.2, 0) is 35.8 Å². The van der Waals surface area contributed by atoms with E-state index in [1.54, 1.807) is 38.1 Å². The summed E-state index contributed by atoms with van der Waals surface area (Å²) < 4.78 is 38.2. The summed E-state index contributed by atoms with van der Waals surface area (Å²) in [5.41, 5.74) is 7.11. The van der Waals surface area contributed by atoms with Gasteiger partial charge in [0.25, 0.3) is 0 Å². The average molecular weight is 435 g/mol. The van der Waals surface area contributed by atoms with Gasteiger partial charge in [0.05, 0.1) is 12.4 Å². The number of carbonyl (C=O) groups excluding carboxylic acids is 2.